The zero-order chi connectivity index (χ0) is 20.2. The summed E-state index contributed by atoms with van der Waals surface area (Å²) < 4.78 is 10.5. The maximum absolute atomic E-state index is 13.1. The molecule has 1 aliphatic rings. The fourth-order valence-electron chi connectivity index (χ4n) is 3.12. The van der Waals surface area contributed by atoms with E-state index in [4.69, 9.17) is 9.47 Å². The van der Waals surface area contributed by atoms with Gasteiger partial charge in [-0.2, -0.15) is 0 Å². The highest BCUT2D eigenvalue weighted by Crippen LogP contribution is 2.26. The van der Waals surface area contributed by atoms with Crippen LogP contribution in [0.2, 0.25) is 0 Å². The van der Waals surface area contributed by atoms with Gasteiger partial charge in [-0.25, -0.2) is 9.69 Å². The lowest BCUT2D eigenvalue weighted by Crippen LogP contribution is -2.45. The Balaban J connectivity index is 2.14. The van der Waals surface area contributed by atoms with Gasteiger partial charge in [-0.15, -0.1) is 0 Å². The van der Waals surface area contributed by atoms with Crippen molar-refractivity contribution in [3.63, 3.8) is 0 Å². The first-order valence-electron chi connectivity index (χ1n) is 9.34. The third-order valence-corrected chi connectivity index (χ3v) is 4.44. The fourth-order valence-corrected chi connectivity index (χ4v) is 3.12. The molecule has 1 aromatic carbocycles. The van der Waals surface area contributed by atoms with Gasteiger partial charge in [0.2, 0.25) is 5.91 Å². The zero-order valence-corrected chi connectivity index (χ0v) is 16.7. The van der Waals surface area contributed by atoms with Gasteiger partial charge in [0.05, 0.1) is 18.4 Å². The van der Waals surface area contributed by atoms with Crippen molar-refractivity contribution in [3.8, 4) is 0 Å². The summed E-state index contributed by atoms with van der Waals surface area (Å²) in [4.78, 5) is 38.8. The van der Waals surface area contributed by atoms with Gasteiger partial charge in [-0.05, 0) is 38.7 Å². The van der Waals surface area contributed by atoms with Gasteiger partial charge in [0.1, 0.15) is 12.2 Å². The summed E-state index contributed by atoms with van der Waals surface area (Å²) in [6.45, 7) is 9.23. The Bertz CT molecular complexity index is 678. The van der Waals surface area contributed by atoms with Crippen molar-refractivity contribution in [3.05, 3.63) is 35.9 Å². The molecule has 0 radical (unpaired) electrons. The molecule has 6 heteroatoms. The monoisotopic (exact) mass is 375 g/mol. The first-order chi connectivity index (χ1) is 12.6. The number of esters is 1. The Kier molecular flexibility index (Phi) is 6.63. The summed E-state index contributed by atoms with van der Waals surface area (Å²) in [6, 6.07) is 9.28. The minimum absolute atomic E-state index is 0.0599. The molecule has 1 unspecified atom stereocenters. The number of carbonyl (C=O) groups excluding carboxylic acids is 3. The van der Waals surface area contributed by atoms with Crippen LogP contribution < -0.4 is 0 Å². The van der Waals surface area contributed by atoms with Crippen LogP contribution in [0.1, 0.15) is 46.6 Å². The van der Waals surface area contributed by atoms with Gasteiger partial charge in [-0.1, -0.05) is 44.2 Å². The van der Waals surface area contributed by atoms with Crippen LogP contribution in [-0.2, 0) is 25.5 Å². The minimum Gasteiger partial charge on any atom is -0.460 e. The number of ether oxygens (including phenoxy) is 2. The first kappa shape index (κ1) is 20.9. The molecule has 2 atom stereocenters. The van der Waals surface area contributed by atoms with Gasteiger partial charge >= 0.3 is 12.1 Å². The normalized spacial score (nSPS) is 18.4. The molecule has 2 rings (SSSR count). The summed E-state index contributed by atoms with van der Waals surface area (Å²) >= 11 is 0. The van der Waals surface area contributed by atoms with Gasteiger partial charge in [0.15, 0.2) is 0 Å². The van der Waals surface area contributed by atoms with Gasteiger partial charge in [0, 0.05) is 0 Å². The van der Waals surface area contributed by atoms with Crippen molar-refractivity contribution in [1.82, 2.24) is 4.90 Å². The summed E-state index contributed by atoms with van der Waals surface area (Å²) in [5, 5.41) is 0. The highest BCUT2D eigenvalue weighted by molar-refractivity contribution is 5.96. The molecule has 0 N–H and O–H groups in total. The van der Waals surface area contributed by atoms with Crippen LogP contribution in [0.25, 0.3) is 0 Å². The smallest absolute Gasteiger partial charge is 0.416 e. The lowest BCUT2D eigenvalue weighted by molar-refractivity contribution is -0.159. The fraction of sp³-hybridized carbons (Fsp3) is 0.571. The number of hydrogen-bond acceptors (Lipinski definition) is 5. The van der Waals surface area contributed by atoms with Crippen molar-refractivity contribution >= 4 is 18.0 Å². The molecule has 1 heterocycles. The molecule has 0 spiro atoms. The van der Waals surface area contributed by atoms with E-state index < -0.39 is 23.6 Å². The van der Waals surface area contributed by atoms with Crippen LogP contribution in [0.3, 0.4) is 0 Å². The Labute approximate surface area is 160 Å². The van der Waals surface area contributed by atoms with E-state index in [1.54, 1.807) is 20.8 Å². The lowest BCUT2D eigenvalue weighted by atomic mass is 9.90. The quantitative estimate of drug-likeness (QED) is 0.711. The number of carbonyl (C=O) groups is 3. The van der Waals surface area contributed by atoms with Crippen LogP contribution >= 0.6 is 0 Å². The summed E-state index contributed by atoms with van der Waals surface area (Å²) in [6.07, 6.45) is -0.179. The molecular formula is C21H29NO5. The van der Waals surface area contributed by atoms with Gasteiger partial charge in [-0.3, -0.25) is 9.59 Å². The predicted molar refractivity (Wildman–Crippen MR) is 101 cm³/mol. The molecule has 0 bridgehead atoms. The summed E-state index contributed by atoms with van der Waals surface area (Å²) in [5.74, 6) is -1.57. The standard InChI is InChI=1S/C21H29NO5/c1-14(2)17(12-18(23)27-21(3,4)5)19(24)22-16(13-26-20(22)25)11-15-9-7-6-8-10-15/h6-10,14,16-17H,11-13H2,1-5H3/t16-,17?/m1/s1. The van der Waals surface area contributed by atoms with E-state index in [1.807, 2.05) is 44.2 Å². The molecule has 2 amide bonds. The SMILES string of the molecule is CC(C)C(CC(=O)OC(C)(C)C)C(=O)N1C(=O)OC[C@H]1Cc1ccccc1. The molecule has 1 aliphatic heterocycles. The first-order valence-corrected chi connectivity index (χ1v) is 9.34. The van der Waals surface area contributed by atoms with Gasteiger partial charge < -0.3 is 9.47 Å². The third kappa shape index (κ3) is 5.81. The van der Waals surface area contributed by atoms with E-state index in [9.17, 15) is 14.4 Å². The highest BCUT2D eigenvalue weighted by atomic mass is 16.6. The van der Waals surface area contributed by atoms with E-state index in [2.05, 4.69) is 0 Å². The van der Waals surface area contributed by atoms with E-state index in [0.717, 1.165) is 5.56 Å². The topological polar surface area (TPSA) is 72.9 Å². The Morgan fingerprint density at radius 3 is 2.41 bits per heavy atom. The number of hydrogen-bond donors (Lipinski definition) is 0. The van der Waals surface area contributed by atoms with Crippen molar-refractivity contribution in [1.29, 1.82) is 0 Å². The van der Waals surface area contributed by atoms with Crippen LogP contribution in [-0.4, -0.2) is 41.1 Å². The van der Waals surface area contributed by atoms with Crippen molar-refractivity contribution in [2.45, 2.75) is 59.1 Å². The average molecular weight is 375 g/mol. The molecule has 6 nitrogen and oxygen atoms in total. The van der Waals surface area contributed by atoms with E-state index in [0.29, 0.717) is 6.42 Å². The zero-order valence-electron chi connectivity index (χ0n) is 16.7. The van der Waals surface area contributed by atoms with Crippen LogP contribution in [0, 0.1) is 11.8 Å². The molecule has 0 aliphatic carbocycles. The number of nitrogens with zero attached hydrogens (tertiary/aromatic N) is 1. The molecule has 1 saturated heterocycles. The summed E-state index contributed by atoms with van der Waals surface area (Å²) in [7, 11) is 0. The van der Waals surface area contributed by atoms with Crippen LogP contribution in [0.5, 0.6) is 0 Å². The number of benzene rings is 1. The highest BCUT2D eigenvalue weighted by Gasteiger charge is 2.42. The molecule has 148 valence electrons. The second-order valence-electron chi connectivity index (χ2n) is 8.27. The van der Waals surface area contributed by atoms with Gasteiger partial charge in [0.25, 0.3) is 0 Å². The van der Waals surface area contributed by atoms with E-state index in [-0.39, 0.29) is 30.9 Å². The number of amides is 2. The van der Waals surface area contributed by atoms with Crippen molar-refractivity contribution in [2.24, 2.45) is 11.8 Å². The Hall–Kier alpha value is -2.37. The van der Waals surface area contributed by atoms with E-state index >= 15 is 0 Å². The van der Waals surface area contributed by atoms with E-state index in [1.165, 1.54) is 4.90 Å². The molecule has 1 fully saturated rings. The maximum Gasteiger partial charge on any atom is 0.416 e. The second kappa shape index (κ2) is 8.55. The molecule has 27 heavy (non-hydrogen) atoms. The minimum atomic E-state index is -0.643. The molecular weight excluding hydrogens is 346 g/mol. The molecule has 0 saturated carbocycles. The summed E-state index contributed by atoms with van der Waals surface area (Å²) in [5.41, 5.74) is 0.399. The number of imide groups is 1. The average Bonchev–Trinajstić information content (AvgIpc) is 2.91. The third-order valence-electron chi connectivity index (χ3n) is 4.44. The number of rotatable bonds is 6. The maximum atomic E-state index is 13.1. The van der Waals surface area contributed by atoms with Crippen LogP contribution in [0.4, 0.5) is 4.79 Å². The predicted octanol–water partition coefficient (Wildman–Crippen LogP) is 3.58. The van der Waals surface area contributed by atoms with Crippen LogP contribution in [0.15, 0.2) is 30.3 Å². The Morgan fingerprint density at radius 2 is 1.85 bits per heavy atom. The second-order valence-corrected chi connectivity index (χ2v) is 8.27. The lowest BCUT2D eigenvalue weighted by Gasteiger charge is -2.28. The largest absolute Gasteiger partial charge is 0.460 e. The van der Waals surface area contributed by atoms with Crippen molar-refractivity contribution in [2.75, 3.05) is 6.61 Å². The molecule has 0 aromatic heterocycles. The Morgan fingerprint density at radius 1 is 1.22 bits per heavy atom. The molecule has 1 aromatic rings. The van der Waals surface area contributed by atoms with Crippen molar-refractivity contribution < 1.29 is 23.9 Å². The number of cyclic esters (lactones) is 1.